The Bertz CT molecular complexity index is 505. The topological polar surface area (TPSA) is 55.8 Å². The normalized spacial score (nSPS) is 10.9. The largest absolute Gasteiger partial charge is 0.449 e. The Labute approximate surface area is 125 Å². The van der Waals surface area contributed by atoms with E-state index in [1.807, 2.05) is 6.92 Å². The number of para-hydroxylation sites is 2. The molecular weight excluding hydrogens is 270 g/mol. The van der Waals surface area contributed by atoms with Crippen molar-refractivity contribution in [2.75, 3.05) is 18.1 Å². The lowest BCUT2D eigenvalue weighted by Crippen LogP contribution is -2.32. The molecule has 0 saturated heterocycles. The molecule has 0 spiro atoms. The van der Waals surface area contributed by atoms with Crippen molar-refractivity contribution in [3.63, 3.8) is 0 Å². The second-order valence-electron chi connectivity index (χ2n) is 5.55. The number of carbonyl (C=O) groups is 2. The van der Waals surface area contributed by atoms with Crippen LogP contribution >= 0.6 is 0 Å². The molecule has 0 saturated carbocycles. The third-order valence-electron chi connectivity index (χ3n) is 2.78. The minimum atomic E-state index is -0.617. The molecule has 0 aliphatic heterocycles. The van der Waals surface area contributed by atoms with Gasteiger partial charge in [-0.15, -0.1) is 0 Å². The van der Waals surface area contributed by atoms with E-state index in [0.29, 0.717) is 24.6 Å². The van der Waals surface area contributed by atoms with Gasteiger partial charge in [0.1, 0.15) is 0 Å². The third kappa shape index (κ3) is 4.48. The summed E-state index contributed by atoms with van der Waals surface area (Å²) < 4.78 is 10.5. The average Bonchev–Trinajstić information content (AvgIpc) is 2.40. The molecule has 5 nitrogen and oxygen atoms in total. The van der Waals surface area contributed by atoms with Crippen LogP contribution in [0.5, 0.6) is 5.75 Å². The SMILES string of the molecule is CCOC(=O)N(CC)c1ccccc1OC(=O)C(C)(C)C. The highest BCUT2D eigenvalue weighted by atomic mass is 16.6. The van der Waals surface area contributed by atoms with Crippen LogP contribution in [0, 0.1) is 5.41 Å². The van der Waals surface area contributed by atoms with Crippen LogP contribution in [0.1, 0.15) is 34.6 Å². The summed E-state index contributed by atoms with van der Waals surface area (Å²) in [5.41, 5.74) is -0.0929. The molecule has 0 atom stereocenters. The van der Waals surface area contributed by atoms with E-state index < -0.39 is 11.5 Å². The van der Waals surface area contributed by atoms with E-state index in [1.54, 1.807) is 52.0 Å². The van der Waals surface area contributed by atoms with E-state index in [9.17, 15) is 9.59 Å². The summed E-state index contributed by atoms with van der Waals surface area (Å²) in [4.78, 5) is 25.4. The maximum atomic E-state index is 12.0. The zero-order valence-corrected chi connectivity index (χ0v) is 13.3. The first-order chi connectivity index (χ1) is 9.81. The smallest absolute Gasteiger partial charge is 0.414 e. The van der Waals surface area contributed by atoms with Crippen LogP contribution in [-0.4, -0.2) is 25.2 Å². The molecule has 1 rings (SSSR count). The van der Waals surface area contributed by atoms with Gasteiger partial charge < -0.3 is 9.47 Å². The predicted molar refractivity (Wildman–Crippen MR) is 81.6 cm³/mol. The van der Waals surface area contributed by atoms with E-state index in [0.717, 1.165) is 0 Å². The molecule has 1 aromatic carbocycles. The lowest BCUT2D eigenvalue weighted by atomic mass is 9.97. The van der Waals surface area contributed by atoms with Crippen molar-refractivity contribution in [1.82, 2.24) is 0 Å². The minimum absolute atomic E-state index is 0.291. The van der Waals surface area contributed by atoms with Crippen molar-refractivity contribution >= 4 is 17.7 Å². The van der Waals surface area contributed by atoms with Crippen molar-refractivity contribution in [1.29, 1.82) is 0 Å². The maximum Gasteiger partial charge on any atom is 0.414 e. The number of anilines is 1. The molecule has 21 heavy (non-hydrogen) atoms. The van der Waals surface area contributed by atoms with Gasteiger partial charge in [0.2, 0.25) is 0 Å². The Morgan fingerprint density at radius 1 is 1.14 bits per heavy atom. The van der Waals surface area contributed by atoms with E-state index in [1.165, 1.54) is 4.90 Å². The molecule has 0 aliphatic carbocycles. The molecule has 1 amide bonds. The van der Waals surface area contributed by atoms with Crippen LogP contribution in [0.2, 0.25) is 0 Å². The summed E-state index contributed by atoms with van der Waals surface area (Å²) in [6, 6.07) is 6.94. The van der Waals surface area contributed by atoms with Crippen LogP contribution in [-0.2, 0) is 9.53 Å². The summed E-state index contributed by atoms with van der Waals surface area (Å²) in [5.74, 6) is 0.00203. The molecule has 0 unspecified atom stereocenters. The number of hydrogen-bond donors (Lipinski definition) is 0. The van der Waals surface area contributed by atoms with Gasteiger partial charge in [0, 0.05) is 6.54 Å². The number of amides is 1. The van der Waals surface area contributed by atoms with Crippen LogP contribution in [0.25, 0.3) is 0 Å². The molecule has 116 valence electrons. The van der Waals surface area contributed by atoms with Gasteiger partial charge in [0.05, 0.1) is 17.7 Å². The highest BCUT2D eigenvalue weighted by molar-refractivity contribution is 5.90. The zero-order valence-electron chi connectivity index (χ0n) is 13.3. The van der Waals surface area contributed by atoms with Gasteiger partial charge in [0.15, 0.2) is 5.75 Å². The van der Waals surface area contributed by atoms with Crippen molar-refractivity contribution in [2.45, 2.75) is 34.6 Å². The molecule has 0 aliphatic rings. The first-order valence-corrected chi connectivity index (χ1v) is 7.06. The van der Waals surface area contributed by atoms with Crippen LogP contribution in [0.15, 0.2) is 24.3 Å². The van der Waals surface area contributed by atoms with Crippen LogP contribution in [0.3, 0.4) is 0 Å². The number of nitrogens with zero attached hydrogens (tertiary/aromatic N) is 1. The standard InChI is InChI=1S/C16H23NO4/c1-6-17(15(19)20-7-2)12-10-8-9-11-13(12)21-14(18)16(3,4)5/h8-11H,6-7H2,1-5H3. The monoisotopic (exact) mass is 293 g/mol. The quantitative estimate of drug-likeness (QED) is 0.628. The van der Waals surface area contributed by atoms with Gasteiger partial charge in [-0.2, -0.15) is 0 Å². The van der Waals surface area contributed by atoms with E-state index >= 15 is 0 Å². The molecule has 0 radical (unpaired) electrons. The first-order valence-electron chi connectivity index (χ1n) is 7.06. The number of hydrogen-bond acceptors (Lipinski definition) is 4. The number of benzene rings is 1. The Hall–Kier alpha value is -2.04. The molecule has 0 fully saturated rings. The lowest BCUT2D eigenvalue weighted by molar-refractivity contribution is -0.142. The lowest BCUT2D eigenvalue weighted by Gasteiger charge is -2.24. The summed E-state index contributed by atoms with van der Waals surface area (Å²) in [5, 5.41) is 0. The highest BCUT2D eigenvalue weighted by Crippen LogP contribution is 2.30. The Kier molecular flexibility index (Phi) is 5.76. The fraction of sp³-hybridized carbons (Fsp3) is 0.500. The van der Waals surface area contributed by atoms with E-state index in [-0.39, 0.29) is 5.97 Å². The Morgan fingerprint density at radius 2 is 1.76 bits per heavy atom. The zero-order chi connectivity index (χ0) is 16.0. The molecule has 1 aromatic rings. The molecule has 5 heteroatoms. The highest BCUT2D eigenvalue weighted by Gasteiger charge is 2.26. The van der Waals surface area contributed by atoms with Crippen molar-refractivity contribution in [3.05, 3.63) is 24.3 Å². The fourth-order valence-electron chi connectivity index (χ4n) is 1.62. The summed E-state index contributed by atoms with van der Waals surface area (Å²) >= 11 is 0. The van der Waals surface area contributed by atoms with Gasteiger partial charge in [-0.05, 0) is 46.8 Å². The predicted octanol–water partition coefficient (Wildman–Crippen LogP) is 3.62. The van der Waals surface area contributed by atoms with Crippen molar-refractivity contribution in [3.8, 4) is 5.75 Å². The van der Waals surface area contributed by atoms with Crippen molar-refractivity contribution in [2.24, 2.45) is 5.41 Å². The van der Waals surface area contributed by atoms with Crippen molar-refractivity contribution < 1.29 is 19.1 Å². The molecular formula is C16H23NO4. The number of esters is 1. The Morgan fingerprint density at radius 3 is 2.29 bits per heavy atom. The van der Waals surface area contributed by atoms with Gasteiger partial charge in [0.25, 0.3) is 0 Å². The van der Waals surface area contributed by atoms with E-state index in [4.69, 9.17) is 9.47 Å². The summed E-state index contributed by atoms with van der Waals surface area (Å²) in [6.45, 7) is 9.63. The van der Waals surface area contributed by atoms with Crippen LogP contribution in [0.4, 0.5) is 10.5 Å². The number of rotatable bonds is 4. The summed E-state index contributed by atoms with van der Waals surface area (Å²) in [7, 11) is 0. The number of carbonyl (C=O) groups excluding carboxylic acids is 2. The van der Waals surface area contributed by atoms with Gasteiger partial charge in [-0.25, -0.2) is 4.79 Å². The third-order valence-corrected chi connectivity index (χ3v) is 2.78. The maximum absolute atomic E-state index is 12.0. The molecule has 0 heterocycles. The van der Waals surface area contributed by atoms with Crippen LogP contribution < -0.4 is 9.64 Å². The molecule has 0 bridgehead atoms. The van der Waals surface area contributed by atoms with Gasteiger partial charge in [-0.1, -0.05) is 12.1 Å². The number of ether oxygens (including phenoxy) is 2. The molecule has 0 N–H and O–H groups in total. The van der Waals surface area contributed by atoms with Gasteiger partial charge >= 0.3 is 12.1 Å². The second kappa shape index (κ2) is 7.11. The summed E-state index contributed by atoms with van der Waals surface area (Å²) in [6.07, 6.45) is -0.459. The Balaban J connectivity index is 3.08. The van der Waals surface area contributed by atoms with Gasteiger partial charge in [-0.3, -0.25) is 9.69 Å². The van der Waals surface area contributed by atoms with E-state index in [2.05, 4.69) is 0 Å². The first kappa shape index (κ1) is 17.0. The minimum Gasteiger partial charge on any atom is -0.449 e. The molecule has 0 aromatic heterocycles. The second-order valence-corrected chi connectivity index (χ2v) is 5.55. The average molecular weight is 293 g/mol. The fourth-order valence-corrected chi connectivity index (χ4v) is 1.62.